The van der Waals surface area contributed by atoms with Gasteiger partial charge in [0.2, 0.25) is 11.9 Å². The van der Waals surface area contributed by atoms with Gasteiger partial charge in [0.1, 0.15) is 5.82 Å². The van der Waals surface area contributed by atoms with Gasteiger partial charge in [0.15, 0.2) is 5.96 Å². The van der Waals surface area contributed by atoms with Crippen LogP contribution in [0.2, 0.25) is 0 Å². The number of rotatable bonds is 7. The first-order valence-electron chi connectivity index (χ1n) is 10.9. The Morgan fingerprint density at radius 3 is 2.50 bits per heavy atom. The molecule has 1 aliphatic rings. The summed E-state index contributed by atoms with van der Waals surface area (Å²) in [6.45, 7) is 7.92. The summed E-state index contributed by atoms with van der Waals surface area (Å²) in [5, 5.41) is 6.47. The van der Waals surface area contributed by atoms with Gasteiger partial charge in [0, 0.05) is 70.5 Å². The number of aromatic nitrogens is 2. The third-order valence-electron chi connectivity index (χ3n) is 5.63. The highest BCUT2D eigenvalue weighted by molar-refractivity contribution is 5.81. The van der Waals surface area contributed by atoms with E-state index in [2.05, 4.69) is 30.5 Å². The van der Waals surface area contributed by atoms with Crippen molar-refractivity contribution in [1.82, 2.24) is 25.5 Å². The summed E-state index contributed by atoms with van der Waals surface area (Å²) in [5.74, 6) is 1.20. The van der Waals surface area contributed by atoms with E-state index in [1.807, 2.05) is 24.8 Å². The van der Waals surface area contributed by atoms with Crippen molar-refractivity contribution in [2.45, 2.75) is 25.7 Å². The third-order valence-corrected chi connectivity index (χ3v) is 5.63. The Kier molecular flexibility index (Phi) is 7.97. The fourth-order valence-electron chi connectivity index (χ4n) is 3.59. The molecule has 1 aromatic heterocycles. The predicted octanol–water partition coefficient (Wildman–Crippen LogP) is 1.80. The minimum atomic E-state index is -0.280. The number of carbonyl (C=O) groups is 1. The molecule has 0 radical (unpaired) electrons. The average Bonchev–Trinajstić information content (AvgIpc) is 2.82. The number of nitrogens with one attached hydrogen (secondary N) is 2. The van der Waals surface area contributed by atoms with E-state index in [4.69, 9.17) is 0 Å². The molecule has 0 atom stereocenters. The molecule has 1 fully saturated rings. The second kappa shape index (κ2) is 10.9. The highest BCUT2D eigenvalue weighted by atomic mass is 19.1. The standard InChI is InChI=1S/C23H32FN7O/c1-23(2,18-6-4-7-19(24)16-18)17-29-21(25-3)26-11-8-20(32)30-12-14-31(15-13-30)22-27-9-5-10-28-22/h4-7,9-10,16H,8,11-15,17H2,1-3H3,(H2,25,26,29). The van der Waals surface area contributed by atoms with Crippen LogP contribution in [0.1, 0.15) is 25.8 Å². The van der Waals surface area contributed by atoms with Crippen LogP contribution in [0.25, 0.3) is 0 Å². The van der Waals surface area contributed by atoms with E-state index in [1.54, 1.807) is 37.6 Å². The van der Waals surface area contributed by atoms with Crippen molar-refractivity contribution in [3.8, 4) is 0 Å². The van der Waals surface area contributed by atoms with Gasteiger partial charge in [0.05, 0.1) is 0 Å². The molecular formula is C23H32FN7O. The molecule has 1 aromatic carbocycles. The van der Waals surface area contributed by atoms with Gasteiger partial charge in [-0.15, -0.1) is 0 Å². The van der Waals surface area contributed by atoms with Crippen LogP contribution < -0.4 is 15.5 Å². The second-order valence-corrected chi connectivity index (χ2v) is 8.41. The van der Waals surface area contributed by atoms with Crippen LogP contribution >= 0.6 is 0 Å². The number of guanidine groups is 1. The molecule has 3 rings (SSSR count). The number of anilines is 1. The smallest absolute Gasteiger partial charge is 0.225 e. The zero-order valence-corrected chi connectivity index (χ0v) is 19.0. The number of amides is 1. The number of piperazine rings is 1. The van der Waals surface area contributed by atoms with Gasteiger partial charge in [-0.05, 0) is 23.8 Å². The summed E-state index contributed by atoms with van der Waals surface area (Å²) in [6, 6.07) is 8.43. The first-order valence-corrected chi connectivity index (χ1v) is 10.9. The summed E-state index contributed by atoms with van der Waals surface area (Å²) in [7, 11) is 1.69. The minimum Gasteiger partial charge on any atom is -0.356 e. The number of carbonyl (C=O) groups excluding carboxylic acids is 1. The van der Waals surface area contributed by atoms with Gasteiger partial charge in [0.25, 0.3) is 0 Å². The zero-order valence-electron chi connectivity index (χ0n) is 19.0. The van der Waals surface area contributed by atoms with E-state index in [-0.39, 0.29) is 17.1 Å². The van der Waals surface area contributed by atoms with Crippen molar-refractivity contribution in [2.75, 3.05) is 51.2 Å². The number of hydrogen-bond donors (Lipinski definition) is 2. The molecule has 2 heterocycles. The molecule has 1 aliphatic heterocycles. The largest absolute Gasteiger partial charge is 0.356 e. The van der Waals surface area contributed by atoms with Gasteiger partial charge < -0.3 is 20.4 Å². The maximum absolute atomic E-state index is 13.6. The van der Waals surface area contributed by atoms with Crippen LogP contribution in [-0.4, -0.2) is 73.1 Å². The van der Waals surface area contributed by atoms with Crippen molar-refractivity contribution in [3.05, 3.63) is 54.1 Å². The summed E-state index contributed by atoms with van der Waals surface area (Å²) in [4.78, 5) is 29.3. The molecule has 8 nitrogen and oxygen atoms in total. The number of aliphatic imine (C=N–C) groups is 1. The molecule has 2 N–H and O–H groups in total. The molecule has 9 heteroatoms. The first-order chi connectivity index (χ1) is 15.4. The van der Waals surface area contributed by atoms with Crippen molar-refractivity contribution in [3.63, 3.8) is 0 Å². The average molecular weight is 442 g/mol. The fourth-order valence-corrected chi connectivity index (χ4v) is 3.59. The maximum Gasteiger partial charge on any atom is 0.225 e. The number of hydrogen-bond acceptors (Lipinski definition) is 5. The third kappa shape index (κ3) is 6.38. The predicted molar refractivity (Wildman–Crippen MR) is 124 cm³/mol. The van der Waals surface area contributed by atoms with Crippen LogP contribution in [0.3, 0.4) is 0 Å². The summed E-state index contributed by atoms with van der Waals surface area (Å²) < 4.78 is 13.6. The lowest BCUT2D eigenvalue weighted by Crippen LogP contribution is -2.50. The number of halogens is 1. The summed E-state index contributed by atoms with van der Waals surface area (Å²) in [6.07, 6.45) is 3.84. The van der Waals surface area contributed by atoms with Crippen LogP contribution in [-0.2, 0) is 10.2 Å². The molecule has 0 spiro atoms. The van der Waals surface area contributed by atoms with Crippen molar-refractivity contribution in [1.29, 1.82) is 0 Å². The Morgan fingerprint density at radius 2 is 1.84 bits per heavy atom. The van der Waals surface area contributed by atoms with Crippen LogP contribution in [0, 0.1) is 5.82 Å². The normalized spacial score (nSPS) is 14.9. The van der Waals surface area contributed by atoms with Gasteiger partial charge in [-0.3, -0.25) is 9.79 Å². The van der Waals surface area contributed by atoms with Gasteiger partial charge in [-0.25, -0.2) is 14.4 Å². The van der Waals surface area contributed by atoms with Gasteiger partial charge in [-0.1, -0.05) is 26.0 Å². The van der Waals surface area contributed by atoms with Crippen molar-refractivity contribution >= 4 is 17.8 Å². The zero-order chi connectivity index (χ0) is 23.0. The summed E-state index contributed by atoms with van der Waals surface area (Å²) in [5.41, 5.74) is 0.633. The molecular weight excluding hydrogens is 409 g/mol. The van der Waals surface area contributed by atoms with Crippen LogP contribution in [0.15, 0.2) is 47.7 Å². The Hall–Kier alpha value is -3.23. The quantitative estimate of drug-likeness (QED) is 0.503. The maximum atomic E-state index is 13.6. The van der Waals surface area contributed by atoms with E-state index >= 15 is 0 Å². The monoisotopic (exact) mass is 441 g/mol. The molecule has 0 aliphatic carbocycles. The highest BCUT2D eigenvalue weighted by Gasteiger charge is 2.23. The van der Waals surface area contributed by atoms with Gasteiger partial charge >= 0.3 is 0 Å². The number of nitrogens with zero attached hydrogens (tertiary/aromatic N) is 5. The molecule has 0 unspecified atom stereocenters. The first kappa shape index (κ1) is 23.4. The Labute approximate surface area is 189 Å². The molecule has 172 valence electrons. The van der Waals surface area contributed by atoms with E-state index in [9.17, 15) is 9.18 Å². The Balaban J connectivity index is 1.39. The van der Waals surface area contributed by atoms with E-state index in [0.29, 0.717) is 44.5 Å². The van der Waals surface area contributed by atoms with E-state index in [1.165, 1.54) is 6.07 Å². The molecule has 0 bridgehead atoms. The lowest BCUT2D eigenvalue weighted by molar-refractivity contribution is -0.131. The second-order valence-electron chi connectivity index (χ2n) is 8.41. The van der Waals surface area contributed by atoms with Crippen LogP contribution in [0.5, 0.6) is 0 Å². The molecule has 1 saturated heterocycles. The molecule has 32 heavy (non-hydrogen) atoms. The van der Waals surface area contributed by atoms with Crippen molar-refractivity contribution < 1.29 is 9.18 Å². The molecule has 0 saturated carbocycles. The summed E-state index contributed by atoms with van der Waals surface area (Å²) >= 11 is 0. The van der Waals surface area contributed by atoms with Crippen LogP contribution in [0.4, 0.5) is 10.3 Å². The highest BCUT2D eigenvalue weighted by Crippen LogP contribution is 2.22. The minimum absolute atomic E-state index is 0.113. The molecule has 1 amide bonds. The Morgan fingerprint density at radius 1 is 1.12 bits per heavy atom. The molecule has 2 aromatic rings. The topological polar surface area (TPSA) is 85.8 Å². The van der Waals surface area contributed by atoms with Crippen molar-refractivity contribution in [2.24, 2.45) is 4.99 Å². The van der Waals surface area contributed by atoms with E-state index < -0.39 is 0 Å². The van der Waals surface area contributed by atoms with E-state index in [0.717, 1.165) is 18.7 Å². The number of benzene rings is 1. The Bertz CT molecular complexity index is 912. The lowest BCUT2D eigenvalue weighted by atomic mass is 9.84. The SMILES string of the molecule is CN=C(NCCC(=O)N1CCN(c2ncccn2)CC1)NCC(C)(C)c1cccc(F)c1. The lowest BCUT2D eigenvalue weighted by Gasteiger charge is -2.34. The van der Waals surface area contributed by atoms with Gasteiger partial charge in [-0.2, -0.15) is 0 Å². The fraction of sp³-hybridized carbons (Fsp3) is 0.478.